The second-order valence-electron chi connectivity index (χ2n) is 4.11. The molecule has 0 amide bonds. The Balaban J connectivity index is 2.83. The number of rotatable bonds is 2. The fourth-order valence-corrected chi connectivity index (χ4v) is 1.46. The zero-order valence-corrected chi connectivity index (χ0v) is 10.8. The third-order valence-electron chi connectivity index (χ3n) is 1.70. The maximum absolute atomic E-state index is 11.6. The molecule has 84 valence electrons. The first-order chi connectivity index (χ1) is 6.82. The van der Waals surface area contributed by atoms with Crippen molar-refractivity contribution in [3.63, 3.8) is 0 Å². The van der Waals surface area contributed by atoms with Crippen LogP contribution in [0.1, 0.15) is 26.3 Å². The lowest BCUT2D eigenvalue weighted by molar-refractivity contribution is 0.651. The number of aromatic nitrogens is 2. The van der Waals surface area contributed by atoms with E-state index in [4.69, 9.17) is 11.6 Å². The first-order valence-electron chi connectivity index (χ1n) is 4.46. The fraction of sp³-hybridized carbons (Fsp3) is 0.556. The van der Waals surface area contributed by atoms with Gasteiger partial charge in [0, 0.05) is 13.3 Å². The maximum Gasteiger partial charge on any atom is 0.144 e. The summed E-state index contributed by atoms with van der Waals surface area (Å²) in [6.45, 7) is 5.60. The van der Waals surface area contributed by atoms with Crippen LogP contribution >= 0.6 is 11.6 Å². The van der Waals surface area contributed by atoms with E-state index in [0.717, 1.165) is 0 Å². The molecule has 4 nitrogen and oxygen atoms in total. The Morgan fingerprint density at radius 2 is 2.20 bits per heavy atom. The highest BCUT2D eigenvalue weighted by molar-refractivity contribution is 7.85. The highest BCUT2D eigenvalue weighted by Gasteiger charge is 2.18. The van der Waals surface area contributed by atoms with E-state index in [9.17, 15) is 4.21 Å². The van der Waals surface area contributed by atoms with Gasteiger partial charge in [0.1, 0.15) is 16.1 Å². The summed E-state index contributed by atoms with van der Waals surface area (Å²) in [4.78, 5) is 0. The minimum absolute atomic E-state index is 0.356. The molecule has 1 atom stereocenters. The molecule has 0 aliphatic rings. The molecule has 1 aromatic heterocycles. The van der Waals surface area contributed by atoms with Crippen molar-refractivity contribution < 1.29 is 4.21 Å². The summed E-state index contributed by atoms with van der Waals surface area (Å²) in [7, 11) is 0.473. The van der Waals surface area contributed by atoms with Gasteiger partial charge in [0.2, 0.25) is 0 Å². The molecule has 0 saturated carbocycles. The molecule has 0 aliphatic heterocycles. The lowest BCUT2D eigenvalue weighted by Gasteiger charge is -2.12. The summed E-state index contributed by atoms with van der Waals surface area (Å²) in [6.07, 6.45) is 3.09. The molecule has 0 fully saturated rings. The molecule has 0 aliphatic carbocycles. The van der Waals surface area contributed by atoms with Crippen molar-refractivity contribution in [2.75, 3.05) is 0 Å². The van der Waals surface area contributed by atoms with Gasteiger partial charge in [0.15, 0.2) is 0 Å². The van der Waals surface area contributed by atoms with Gasteiger partial charge in [0.25, 0.3) is 0 Å². The van der Waals surface area contributed by atoms with Gasteiger partial charge in [-0.3, -0.25) is 4.68 Å². The number of halogens is 1. The Labute approximate surface area is 96.9 Å². The highest BCUT2D eigenvalue weighted by atomic mass is 35.5. The SMILES string of the molecule is Cn1ncc(C=NS(=O)C(C)(C)C)c1Cl. The van der Waals surface area contributed by atoms with Gasteiger partial charge in [-0.05, 0) is 20.8 Å². The third-order valence-corrected chi connectivity index (χ3v) is 3.51. The van der Waals surface area contributed by atoms with Gasteiger partial charge in [-0.2, -0.15) is 9.50 Å². The van der Waals surface area contributed by atoms with E-state index in [1.807, 2.05) is 20.8 Å². The minimum Gasteiger partial charge on any atom is -0.256 e. The Morgan fingerprint density at radius 3 is 2.60 bits per heavy atom. The first kappa shape index (κ1) is 12.4. The van der Waals surface area contributed by atoms with Crippen LogP contribution in [-0.4, -0.2) is 25.0 Å². The van der Waals surface area contributed by atoms with E-state index in [1.165, 1.54) is 10.9 Å². The maximum atomic E-state index is 11.6. The average molecular weight is 248 g/mol. The molecule has 0 spiro atoms. The Hall–Kier alpha value is -0.680. The largest absolute Gasteiger partial charge is 0.256 e. The molecule has 0 aromatic carbocycles. The number of aryl methyl sites for hydroxylation is 1. The van der Waals surface area contributed by atoms with E-state index < -0.39 is 11.0 Å². The molecule has 0 bridgehead atoms. The zero-order chi connectivity index (χ0) is 11.6. The summed E-state index contributed by atoms with van der Waals surface area (Å²) in [5, 5.41) is 4.44. The second-order valence-corrected chi connectivity index (χ2v) is 6.40. The highest BCUT2D eigenvalue weighted by Crippen LogP contribution is 2.14. The normalized spacial score (nSPS) is 14.7. The molecule has 6 heteroatoms. The van der Waals surface area contributed by atoms with Gasteiger partial charge in [-0.15, -0.1) is 0 Å². The van der Waals surface area contributed by atoms with Gasteiger partial charge in [-0.25, -0.2) is 4.21 Å². The summed E-state index contributed by atoms with van der Waals surface area (Å²) in [6, 6.07) is 0. The van der Waals surface area contributed by atoms with Crippen molar-refractivity contribution in [2.24, 2.45) is 11.4 Å². The van der Waals surface area contributed by atoms with Gasteiger partial charge >= 0.3 is 0 Å². The van der Waals surface area contributed by atoms with Crippen LogP contribution in [0.25, 0.3) is 0 Å². The zero-order valence-electron chi connectivity index (χ0n) is 9.19. The first-order valence-corrected chi connectivity index (χ1v) is 5.94. The lowest BCUT2D eigenvalue weighted by atomic mass is 10.3. The summed E-state index contributed by atoms with van der Waals surface area (Å²) >= 11 is 5.92. The van der Waals surface area contributed by atoms with Gasteiger partial charge in [0.05, 0.1) is 16.5 Å². The standard InChI is InChI=1S/C9H14ClN3OS/c1-9(2,3)15(14)12-6-7-5-11-13(4)8(7)10/h5-6H,1-4H3. The van der Waals surface area contributed by atoms with E-state index in [2.05, 4.69) is 9.50 Å². The monoisotopic (exact) mass is 247 g/mol. The second kappa shape index (κ2) is 4.45. The van der Waals surface area contributed by atoms with Crippen LogP contribution < -0.4 is 0 Å². The number of nitrogens with zero attached hydrogens (tertiary/aromatic N) is 3. The molecule has 0 N–H and O–H groups in total. The molecule has 1 heterocycles. The molecule has 1 rings (SSSR count). The predicted octanol–water partition coefficient (Wildman–Crippen LogP) is 1.95. The molecular formula is C9H14ClN3OS. The van der Waals surface area contributed by atoms with Gasteiger partial charge in [-0.1, -0.05) is 11.6 Å². The van der Waals surface area contributed by atoms with Crippen LogP contribution in [-0.2, 0) is 18.0 Å². The molecule has 1 aromatic rings. The number of hydrogen-bond acceptors (Lipinski definition) is 2. The quantitative estimate of drug-likeness (QED) is 0.750. The van der Waals surface area contributed by atoms with Crippen LogP contribution in [0.15, 0.2) is 10.6 Å². The van der Waals surface area contributed by atoms with E-state index >= 15 is 0 Å². The van der Waals surface area contributed by atoms with E-state index in [1.54, 1.807) is 13.2 Å². The third kappa shape index (κ3) is 3.14. The van der Waals surface area contributed by atoms with Crippen molar-refractivity contribution in [3.05, 3.63) is 16.9 Å². The molecule has 15 heavy (non-hydrogen) atoms. The van der Waals surface area contributed by atoms with Crippen molar-refractivity contribution in [2.45, 2.75) is 25.5 Å². The molecular weight excluding hydrogens is 234 g/mol. The Bertz CT molecular complexity index is 406. The fourth-order valence-electron chi connectivity index (χ4n) is 0.789. The Kier molecular flexibility index (Phi) is 3.67. The van der Waals surface area contributed by atoms with Crippen molar-refractivity contribution in [3.8, 4) is 0 Å². The minimum atomic E-state index is -1.26. The van der Waals surface area contributed by atoms with Crippen LogP contribution in [0, 0.1) is 0 Å². The Morgan fingerprint density at radius 1 is 1.60 bits per heavy atom. The van der Waals surface area contributed by atoms with Crippen LogP contribution in [0.2, 0.25) is 5.15 Å². The molecule has 1 unspecified atom stereocenters. The lowest BCUT2D eigenvalue weighted by Crippen LogP contribution is -2.19. The molecule has 0 radical (unpaired) electrons. The summed E-state index contributed by atoms with van der Waals surface area (Å²) in [5.74, 6) is 0. The van der Waals surface area contributed by atoms with Crippen molar-refractivity contribution in [1.82, 2.24) is 9.78 Å². The van der Waals surface area contributed by atoms with E-state index in [0.29, 0.717) is 10.7 Å². The van der Waals surface area contributed by atoms with Crippen molar-refractivity contribution >= 4 is 28.8 Å². The summed E-state index contributed by atoms with van der Waals surface area (Å²) in [5.41, 5.74) is 0.678. The topological polar surface area (TPSA) is 47.2 Å². The predicted molar refractivity (Wildman–Crippen MR) is 63.7 cm³/mol. The van der Waals surface area contributed by atoms with Gasteiger partial charge < -0.3 is 0 Å². The summed E-state index contributed by atoms with van der Waals surface area (Å²) < 4.78 is 16.7. The van der Waals surface area contributed by atoms with Crippen LogP contribution in [0.3, 0.4) is 0 Å². The van der Waals surface area contributed by atoms with Crippen LogP contribution in [0.5, 0.6) is 0 Å². The van der Waals surface area contributed by atoms with Crippen molar-refractivity contribution in [1.29, 1.82) is 0 Å². The molecule has 0 saturated heterocycles. The van der Waals surface area contributed by atoms with E-state index in [-0.39, 0.29) is 4.75 Å². The van der Waals surface area contributed by atoms with Crippen LogP contribution in [0.4, 0.5) is 0 Å². The average Bonchev–Trinajstić information content (AvgIpc) is 2.43. The number of hydrogen-bond donors (Lipinski definition) is 0. The smallest absolute Gasteiger partial charge is 0.144 e.